The third kappa shape index (κ3) is 4.05. The Kier molecular flexibility index (Phi) is 3.05. The third-order valence-electron chi connectivity index (χ3n) is 1.55. The molecular weight excluding hydrogens is 192 g/mol. The molecule has 0 bridgehead atoms. The maximum atomic E-state index is 10.4. The second-order valence-electron chi connectivity index (χ2n) is 2.92. The lowest BCUT2D eigenvalue weighted by molar-refractivity contribution is 0.476. The number of aromatic nitrogens is 2. The van der Waals surface area contributed by atoms with Crippen molar-refractivity contribution in [2.75, 3.05) is 5.75 Å². The summed E-state index contributed by atoms with van der Waals surface area (Å²) in [5.74, 6) is -0.216. The highest BCUT2D eigenvalue weighted by Gasteiger charge is 2.03. The van der Waals surface area contributed by atoms with E-state index in [-0.39, 0.29) is 5.75 Å². The molecule has 0 aliphatic rings. The fourth-order valence-corrected chi connectivity index (χ4v) is 1.49. The molecule has 0 saturated heterocycles. The van der Waals surface area contributed by atoms with E-state index < -0.39 is 10.1 Å². The molecule has 1 N–H and O–H groups in total. The third-order valence-corrected chi connectivity index (χ3v) is 2.36. The Morgan fingerprint density at radius 1 is 1.62 bits per heavy atom. The summed E-state index contributed by atoms with van der Waals surface area (Å²) in [6.07, 6.45) is 3.90. The highest BCUT2D eigenvalue weighted by molar-refractivity contribution is 7.85. The molecule has 5 nitrogen and oxygen atoms in total. The minimum Gasteiger partial charge on any atom is -0.286 e. The first kappa shape index (κ1) is 10.2. The second-order valence-corrected chi connectivity index (χ2v) is 4.49. The van der Waals surface area contributed by atoms with Crippen LogP contribution in [0.25, 0.3) is 0 Å². The Hall–Kier alpha value is -0.880. The van der Waals surface area contributed by atoms with Gasteiger partial charge in [-0.3, -0.25) is 9.23 Å². The maximum Gasteiger partial charge on any atom is 0.264 e. The van der Waals surface area contributed by atoms with Crippen molar-refractivity contribution in [2.24, 2.45) is 0 Å². The van der Waals surface area contributed by atoms with Crippen molar-refractivity contribution in [3.8, 4) is 0 Å². The van der Waals surface area contributed by atoms with Gasteiger partial charge in [0.25, 0.3) is 10.1 Å². The van der Waals surface area contributed by atoms with Crippen LogP contribution >= 0.6 is 0 Å². The van der Waals surface area contributed by atoms with Crippen LogP contribution in [0.3, 0.4) is 0 Å². The Balaban J connectivity index is 2.36. The molecule has 1 aromatic heterocycles. The standard InChI is InChI=1S/C7H12N2O3S/c1-7-5-8-9(6-7)3-2-4-13(10,11)12/h5-6H,2-4H2,1H3,(H,10,11,12). The number of hydrogen-bond acceptors (Lipinski definition) is 3. The number of hydrogen-bond donors (Lipinski definition) is 1. The molecule has 1 rings (SSSR count). The van der Waals surface area contributed by atoms with Gasteiger partial charge in [0.2, 0.25) is 0 Å². The van der Waals surface area contributed by atoms with Crippen LogP contribution in [-0.4, -0.2) is 28.5 Å². The first-order valence-corrected chi connectivity index (χ1v) is 5.52. The smallest absolute Gasteiger partial charge is 0.264 e. The van der Waals surface area contributed by atoms with Crippen molar-refractivity contribution in [3.63, 3.8) is 0 Å². The van der Waals surface area contributed by atoms with Crippen LogP contribution in [-0.2, 0) is 16.7 Å². The van der Waals surface area contributed by atoms with Gasteiger partial charge >= 0.3 is 0 Å². The van der Waals surface area contributed by atoms with E-state index in [4.69, 9.17) is 4.55 Å². The predicted octanol–water partition coefficient (Wildman–Crippen LogP) is 0.469. The summed E-state index contributed by atoms with van der Waals surface area (Å²) in [4.78, 5) is 0. The van der Waals surface area contributed by atoms with Gasteiger partial charge in [-0.25, -0.2) is 0 Å². The van der Waals surface area contributed by atoms with Gasteiger partial charge in [-0.05, 0) is 18.9 Å². The average Bonchev–Trinajstić information content (AvgIpc) is 2.33. The minimum absolute atomic E-state index is 0.216. The van der Waals surface area contributed by atoms with Crippen LogP contribution < -0.4 is 0 Å². The second kappa shape index (κ2) is 3.89. The van der Waals surface area contributed by atoms with Gasteiger partial charge in [0.1, 0.15) is 0 Å². The molecular formula is C7H12N2O3S. The summed E-state index contributed by atoms with van der Waals surface area (Å²) in [5, 5.41) is 3.98. The molecule has 0 radical (unpaired) electrons. The lowest BCUT2D eigenvalue weighted by Gasteiger charge is -1.98. The summed E-state index contributed by atoms with van der Waals surface area (Å²) >= 11 is 0. The number of aryl methyl sites for hydroxylation is 2. The van der Waals surface area contributed by atoms with Gasteiger partial charge < -0.3 is 0 Å². The number of rotatable bonds is 4. The van der Waals surface area contributed by atoms with Crippen molar-refractivity contribution >= 4 is 10.1 Å². The normalized spacial score (nSPS) is 11.8. The highest BCUT2D eigenvalue weighted by Crippen LogP contribution is 1.97. The van der Waals surface area contributed by atoms with Crippen LogP contribution in [0, 0.1) is 6.92 Å². The van der Waals surface area contributed by atoms with E-state index in [0.29, 0.717) is 13.0 Å². The molecule has 1 heterocycles. The largest absolute Gasteiger partial charge is 0.286 e. The van der Waals surface area contributed by atoms with E-state index in [0.717, 1.165) is 5.56 Å². The van der Waals surface area contributed by atoms with Gasteiger partial charge in [0.15, 0.2) is 0 Å². The van der Waals surface area contributed by atoms with E-state index in [9.17, 15) is 8.42 Å². The molecule has 0 atom stereocenters. The molecule has 0 amide bonds. The lowest BCUT2D eigenvalue weighted by atomic mass is 10.4. The molecule has 6 heteroatoms. The molecule has 0 aromatic carbocycles. The molecule has 74 valence electrons. The SMILES string of the molecule is Cc1cnn(CCCS(=O)(=O)O)c1. The van der Waals surface area contributed by atoms with Crippen molar-refractivity contribution in [2.45, 2.75) is 19.9 Å². The van der Waals surface area contributed by atoms with Crippen molar-refractivity contribution in [1.29, 1.82) is 0 Å². The van der Waals surface area contributed by atoms with Gasteiger partial charge in [0.05, 0.1) is 11.9 Å². The molecule has 0 unspecified atom stereocenters. The van der Waals surface area contributed by atoms with Crippen LogP contribution in [0.4, 0.5) is 0 Å². The Labute approximate surface area is 77.1 Å². The molecule has 0 saturated carbocycles. The van der Waals surface area contributed by atoms with Gasteiger partial charge in [-0.1, -0.05) is 0 Å². The van der Waals surface area contributed by atoms with Crippen molar-refractivity contribution < 1.29 is 13.0 Å². The van der Waals surface area contributed by atoms with Gasteiger partial charge in [0, 0.05) is 12.7 Å². The summed E-state index contributed by atoms with van der Waals surface area (Å²) < 4.78 is 30.8. The highest BCUT2D eigenvalue weighted by atomic mass is 32.2. The predicted molar refractivity (Wildman–Crippen MR) is 48.0 cm³/mol. The molecule has 0 fully saturated rings. The quantitative estimate of drug-likeness (QED) is 0.723. The van der Waals surface area contributed by atoms with Crippen molar-refractivity contribution in [1.82, 2.24) is 9.78 Å². The number of nitrogens with zero attached hydrogens (tertiary/aromatic N) is 2. The Bertz CT molecular complexity index is 369. The minimum atomic E-state index is -3.83. The Morgan fingerprint density at radius 2 is 2.31 bits per heavy atom. The molecule has 0 aliphatic carbocycles. The van der Waals surface area contributed by atoms with E-state index in [1.807, 2.05) is 13.1 Å². The fourth-order valence-electron chi connectivity index (χ4n) is 0.998. The zero-order valence-corrected chi connectivity index (χ0v) is 8.16. The van der Waals surface area contributed by atoms with Crippen LogP contribution in [0.5, 0.6) is 0 Å². The first-order valence-electron chi connectivity index (χ1n) is 3.91. The van der Waals surface area contributed by atoms with Crippen LogP contribution in [0.2, 0.25) is 0 Å². The van der Waals surface area contributed by atoms with E-state index >= 15 is 0 Å². The monoisotopic (exact) mass is 204 g/mol. The summed E-state index contributed by atoms with van der Waals surface area (Å²) in [7, 11) is -3.83. The molecule has 13 heavy (non-hydrogen) atoms. The summed E-state index contributed by atoms with van der Waals surface area (Å²) in [6, 6.07) is 0. The first-order chi connectivity index (χ1) is 5.97. The van der Waals surface area contributed by atoms with Crippen LogP contribution in [0.1, 0.15) is 12.0 Å². The molecule has 0 spiro atoms. The van der Waals surface area contributed by atoms with E-state index in [2.05, 4.69) is 5.10 Å². The molecule has 0 aliphatic heterocycles. The fraction of sp³-hybridized carbons (Fsp3) is 0.571. The summed E-state index contributed by atoms with van der Waals surface area (Å²) in [5.41, 5.74) is 1.03. The van der Waals surface area contributed by atoms with Gasteiger partial charge in [-0.2, -0.15) is 13.5 Å². The Morgan fingerprint density at radius 3 is 2.77 bits per heavy atom. The molecule has 1 aromatic rings. The maximum absolute atomic E-state index is 10.4. The zero-order chi connectivity index (χ0) is 9.90. The lowest BCUT2D eigenvalue weighted by Crippen LogP contribution is -2.08. The topological polar surface area (TPSA) is 72.2 Å². The summed E-state index contributed by atoms with van der Waals surface area (Å²) in [6.45, 7) is 2.42. The zero-order valence-electron chi connectivity index (χ0n) is 7.34. The van der Waals surface area contributed by atoms with Gasteiger partial charge in [-0.15, -0.1) is 0 Å². The van der Waals surface area contributed by atoms with Crippen molar-refractivity contribution in [3.05, 3.63) is 18.0 Å². The van der Waals surface area contributed by atoms with Crippen LogP contribution in [0.15, 0.2) is 12.4 Å². The average molecular weight is 204 g/mol. The van der Waals surface area contributed by atoms with E-state index in [1.54, 1.807) is 10.9 Å². The van der Waals surface area contributed by atoms with E-state index in [1.165, 1.54) is 0 Å².